The SMILES string of the molecule is COc1ccc(OCC(=O)N(Cc2ccc(Cl)cc2)[C@@H](Cc2ccccc2)C(=O)NC(C)C)cc1. The minimum Gasteiger partial charge on any atom is -0.497 e. The molecule has 0 aliphatic rings. The van der Waals surface area contributed by atoms with Crippen LogP contribution in [-0.4, -0.2) is 42.5 Å². The van der Waals surface area contributed by atoms with Gasteiger partial charge in [0, 0.05) is 24.0 Å². The number of rotatable bonds is 11. The van der Waals surface area contributed by atoms with Crippen molar-refractivity contribution < 1.29 is 19.1 Å². The van der Waals surface area contributed by atoms with Crippen LogP contribution in [0.15, 0.2) is 78.9 Å². The van der Waals surface area contributed by atoms with Crippen LogP contribution in [0.1, 0.15) is 25.0 Å². The zero-order valence-corrected chi connectivity index (χ0v) is 21.0. The fourth-order valence-corrected chi connectivity index (χ4v) is 3.75. The van der Waals surface area contributed by atoms with Crippen molar-refractivity contribution in [3.05, 3.63) is 95.0 Å². The second-order valence-corrected chi connectivity index (χ2v) is 8.92. The topological polar surface area (TPSA) is 67.9 Å². The van der Waals surface area contributed by atoms with Crippen LogP contribution in [0, 0.1) is 0 Å². The van der Waals surface area contributed by atoms with Crippen molar-refractivity contribution >= 4 is 23.4 Å². The molecule has 0 fully saturated rings. The third kappa shape index (κ3) is 8.04. The summed E-state index contributed by atoms with van der Waals surface area (Å²) in [6, 6.07) is 23.1. The van der Waals surface area contributed by atoms with Crippen molar-refractivity contribution in [2.24, 2.45) is 0 Å². The molecule has 3 rings (SSSR count). The number of nitrogens with zero attached hydrogens (tertiary/aromatic N) is 1. The van der Waals surface area contributed by atoms with Gasteiger partial charge < -0.3 is 19.7 Å². The van der Waals surface area contributed by atoms with E-state index in [2.05, 4.69) is 5.32 Å². The Morgan fingerprint density at radius 1 is 0.886 bits per heavy atom. The van der Waals surface area contributed by atoms with Crippen molar-refractivity contribution in [1.29, 1.82) is 0 Å². The Hall–Kier alpha value is -3.51. The molecule has 0 heterocycles. The number of hydrogen-bond donors (Lipinski definition) is 1. The molecule has 6 nitrogen and oxygen atoms in total. The fourth-order valence-electron chi connectivity index (χ4n) is 3.62. The summed E-state index contributed by atoms with van der Waals surface area (Å²) in [7, 11) is 1.59. The number of carbonyl (C=O) groups is 2. The quantitative estimate of drug-likeness (QED) is 0.412. The summed E-state index contributed by atoms with van der Waals surface area (Å²) in [5.41, 5.74) is 1.82. The van der Waals surface area contributed by atoms with E-state index in [0.29, 0.717) is 22.9 Å². The highest BCUT2D eigenvalue weighted by Gasteiger charge is 2.31. The van der Waals surface area contributed by atoms with Crippen LogP contribution >= 0.6 is 11.6 Å². The van der Waals surface area contributed by atoms with Crippen LogP contribution in [0.3, 0.4) is 0 Å². The molecule has 3 aromatic rings. The van der Waals surface area contributed by atoms with Crippen molar-refractivity contribution in [1.82, 2.24) is 10.2 Å². The van der Waals surface area contributed by atoms with Gasteiger partial charge in [0.15, 0.2) is 6.61 Å². The second kappa shape index (κ2) is 12.8. The summed E-state index contributed by atoms with van der Waals surface area (Å²) in [5.74, 6) is 0.726. The van der Waals surface area contributed by atoms with Crippen molar-refractivity contribution in [2.45, 2.75) is 38.9 Å². The summed E-state index contributed by atoms with van der Waals surface area (Å²) >= 11 is 6.05. The summed E-state index contributed by atoms with van der Waals surface area (Å²) in [5, 5.41) is 3.58. The van der Waals surface area contributed by atoms with Gasteiger partial charge in [-0.05, 0) is 61.4 Å². The third-order valence-electron chi connectivity index (χ3n) is 5.39. The average Bonchev–Trinajstić information content (AvgIpc) is 2.86. The predicted molar refractivity (Wildman–Crippen MR) is 138 cm³/mol. The molecular weight excluding hydrogens is 464 g/mol. The molecule has 0 spiro atoms. The lowest BCUT2D eigenvalue weighted by molar-refractivity contribution is -0.143. The van der Waals surface area contributed by atoms with Gasteiger partial charge in [-0.15, -0.1) is 0 Å². The maximum absolute atomic E-state index is 13.5. The Balaban J connectivity index is 1.87. The van der Waals surface area contributed by atoms with Gasteiger partial charge in [0.25, 0.3) is 5.91 Å². The number of benzene rings is 3. The molecule has 3 aromatic carbocycles. The van der Waals surface area contributed by atoms with E-state index in [1.54, 1.807) is 48.4 Å². The van der Waals surface area contributed by atoms with E-state index in [4.69, 9.17) is 21.1 Å². The van der Waals surface area contributed by atoms with E-state index in [1.165, 1.54) is 0 Å². The smallest absolute Gasteiger partial charge is 0.261 e. The molecule has 0 unspecified atom stereocenters. The summed E-state index contributed by atoms with van der Waals surface area (Å²) in [4.78, 5) is 28.4. The van der Waals surface area contributed by atoms with Crippen LogP contribution in [0.2, 0.25) is 5.02 Å². The first-order chi connectivity index (χ1) is 16.9. The lowest BCUT2D eigenvalue weighted by Crippen LogP contribution is -2.52. The molecule has 0 saturated heterocycles. The van der Waals surface area contributed by atoms with Gasteiger partial charge in [-0.2, -0.15) is 0 Å². The minimum absolute atomic E-state index is 0.0659. The van der Waals surface area contributed by atoms with Gasteiger partial charge in [0.1, 0.15) is 17.5 Å². The molecular formula is C28H31ClN2O4. The molecule has 0 aliphatic carbocycles. The number of ether oxygens (including phenoxy) is 2. The van der Waals surface area contributed by atoms with Crippen molar-refractivity contribution in [3.8, 4) is 11.5 Å². The monoisotopic (exact) mass is 494 g/mol. The van der Waals surface area contributed by atoms with Gasteiger partial charge in [-0.1, -0.05) is 54.1 Å². The van der Waals surface area contributed by atoms with E-state index in [9.17, 15) is 9.59 Å². The summed E-state index contributed by atoms with van der Waals surface area (Å²) < 4.78 is 10.9. The molecule has 0 aromatic heterocycles. The molecule has 1 atom stereocenters. The van der Waals surface area contributed by atoms with Crippen molar-refractivity contribution in [3.63, 3.8) is 0 Å². The molecule has 35 heavy (non-hydrogen) atoms. The Bertz CT molecular complexity index is 1090. The normalized spacial score (nSPS) is 11.6. The maximum atomic E-state index is 13.5. The zero-order valence-electron chi connectivity index (χ0n) is 20.2. The van der Waals surface area contributed by atoms with E-state index in [0.717, 1.165) is 11.1 Å². The van der Waals surface area contributed by atoms with Crippen LogP contribution < -0.4 is 14.8 Å². The number of amides is 2. The zero-order chi connectivity index (χ0) is 25.2. The standard InChI is InChI=1S/C28H31ClN2O4/c1-20(2)30-28(33)26(17-21-7-5-4-6-8-21)31(18-22-9-11-23(29)12-10-22)27(32)19-35-25-15-13-24(34-3)14-16-25/h4-16,20,26H,17-19H2,1-3H3,(H,30,33)/t26-/m0/s1. The third-order valence-corrected chi connectivity index (χ3v) is 5.64. The largest absolute Gasteiger partial charge is 0.497 e. The van der Waals surface area contributed by atoms with Crippen LogP contribution in [0.5, 0.6) is 11.5 Å². The first-order valence-corrected chi connectivity index (χ1v) is 11.9. The van der Waals surface area contributed by atoms with E-state index in [1.807, 2.05) is 56.3 Å². The first-order valence-electron chi connectivity index (χ1n) is 11.5. The lowest BCUT2D eigenvalue weighted by Gasteiger charge is -2.32. The van der Waals surface area contributed by atoms with Crippen LogP contribution in [0.4, 0.5) is 0 Å². The minimum atomic E-state index is -0.720. The number of nitrogens with one attached hydrogen (secondary N) is 1. The molecule has 184 valence electrons. The molecule has 1 N–H and O–H groups in total. The van der Waals surface area contributed by atoms with Crippen molar-refractivity contribution in [2.75, 3.05) is 13.7 Å². The van der Waals surface area contributed by atoms with E-state index in [-0.39, 0.29) is 31.0 Å². The Morgan fingerprint density at radius 2 is 1.51 bits per heavy atom. The predicted octanol–water partition coefficient (Wildman–Crippen LogP) is 4.89. The van der Waals surface area contributed by atoms with E-state index < -0.39 is 6.04 Å². The number of carbonyl (C=O) groups excluding carboxylic acids is 2. The first kappa shape index (κ1) is 26.1. The van der Waals surface area contributed by atoms with Gasteiger partial charge in [0.2, 0.25) is 5.91 Å². The molecule has 0 saturated carbocycles. The van der Waals surface area contributed by atoms with Crippen LogP contribution in [0.25, 0.3) is 0 Å². The maximum Gasteiger partial charge on any atom is 0.261 e. The van der Waals surface area contributed by atoms with Gasteiger partial charge in [0.05, 0.1) is 7.11 Å². The van der Waals surface area contributed by atoms with E-state index >= 15 is 0 Å². The molecule has 0 radical (unpaired) electrons. The van der Waals surface area contributed by atoms with Gasteiger partial charge >= 0.3 is 0 Å². The highest BCUT2D eigenvalue weighted by atomic mass is 35.5. The highest BCUT2D eigenvalue weighted by molar-refractivity contribution is 6.30. The average molecular weight is 495 g/mol. The number of hydrogen-bond acceptors (Lipinski definition) is 4. The second-order valence-electron chi connectivity index (χ2n) is 8.48. The lowest BCUT2D eigenvalue weighted by atomic mass is 10.0. The molecule has 0 aliphatic heterocycles. The number of halogens is 1. The molecule has 0 bridgehead atoms. The molecule has 7 heteroatoms. The fraction of sp³-hybridized carbons (Fsp3) is 0.286. The highest BCUT2D eigenvalue weighted by Crippen LogP contribution is 2.19. The van der Waals surface area contributed by atoms with Gasteiger partial charge in [-0.3, -0.25) is 9.59 Å². The summed E-state index contributed by atoms with van der Waals surface area (Å²) in [6.45, 7) is 3.83. The Kier molecular flexibility index (Phi) is 9.56. The Morgan fingerprint density at radius 3 is 2.11 bits per heavy atom. The van der Waals surface area contributed by atoms with Gasteiger partial charge in [-0.25, -0.2) is 0 Å². The van der Waals surface area contributed by atoms with Crippen LogP contribution in [-0.2, 0) is 22.6 Å². The number of methoxy groups -OCH3 is 1. The summed E-state index contributed by atoms with van der Waals surface area (Å²) in [6.07, 6.45) is 0.376. The Labute approximate surface area is 211 Å². The molecule has 2 amide bonds.